The summed E-state index contributed by atoms with van der Waals surface area (Å²) in [5.41, 5.74) is 6.28. The molecule has 3 N–H and O–H groups in total. The van der Waals surface area contributed by atoms with Crippen molar-refractivity contribution in [3.8, 4) is 10.7 Å². The fourth-order valence-corrected chi connectivity index (χ4v) is 3.40. The molecule has 2 heterocycles. The molecule has 3 aromatic rings. The molecule has 0 saturated carbocycles. The maximum atomic E-state index is 13.4. The number of hydrogen-bond acceptors (Lipinski definition) is 5. The smallest absolute Gasteiger partial charge is 0.226 e. The topological polar surface area (TPSA) is 85.8 Å². The van der Waals surface area contributed by atoms with Crippen molar-refractivity contribution in [2.45, 2.75) is 26.6 Å². The molecule has 0 spiro atoms. The maximum absolute atomic E-state index is 13.4. The standard InChI is InChI=1S/C21H25FN5OS/c1-21(2,20(28)25-12-16(22)11-23)10-18-26-17(19-24-8-9-29-19)14-27(18)13-15-6-4-3-5-7-15/h3-10,14,16H,11-13,23H2,1-2H3,(H,25,28)/t16-/m1/s1. The van der Waals surface area contributed by atoms with Gasteiger partial charge in [0.1, 0.15) is 22.7 Å². The Morgan fingerprint density at radius 2 is 2.14 bits per heavy atom. The van der Waals surface area contributed by atoms with Gasteiger partial charge in [-0.2, -0.15) is 0 Å². The summed E-state index contributed by atoms with van der Waals surface area (Å²) >= 11 is 1.51. The molecule has 0 aliphatic carbocycles. The van der Waals surface area contributed by atoms with E-state index in [0.29, 0.717) is 12.4 Å². The van der Waals surface area contributed by atoms with E-state index in [1.165, 1.54) is 11.3 Å². The number of halogens is 1. The van der Waals surface area contributed by atoms with Crippen molar-refractivity contribution in [1.29, 1.82) is 0 Å². The van der Waals surface area contributed by atoms with Crippen molar-refractivity contribution in [2.24, 2.45) is 11.1 Å². The Hall–Kier alpha value is -2.58. The summed E-state index contributed by atoms with van der Waals surface area (Å²) in [7, 11) is 0. The normalized spacial score (nSPS) is 12.7. The van der Waals surface area contributed by atoms with E-state index in [9.17, 15) is 9.18 Å². The van der Waals surface area contributed by atoms with Crippen LogP contribution in [0, 0.1) is 11.8 Å². The molecule has 6 nitrogen and oxygen atoms in total. The second kappa shape index (κ2) is 9.28. The first-order chi connectivity index (χ1) is 13.9. The highest BCUT2D eigenvalue weighted by Crippen LogP contribution is 2.28. The number of nitrogens with two attached hydrogens (primary N) is 1. The third-order valence-corrected chi connectivity index (χ3v) is 5.27. The molecule has 1 amide bonds. The molecular weight excluding hydrogens is 389 g/mol. The Morgan fingerprint density at radius 3 is 2.79 bits per heavy atom. The number of nitrogens with zero attached hydrogens (tertiary/aromatic N) is 3. The zero-order valence-electron chi connectivity index (χ0n) is 16.5. The number of amides is 1. The lowest BCUT2D eigenvalue weighted by Gasteiger charge is -2.23. The van der Waals surface area contributed by atoms with E-state index < -0.39 is 11.6 Å². The second-order valence-electron chi connectivity index (χ2n) is 7.34. The highest BCUT2D eigenvalue weighted by molar-refractivity contribution is 7.13. The minimum Gasteiger partial charge on any atom is -0.353 e. The van der Waals surface area contributed by atoms with Crippen LogP contribution >= 0.6 is 11.3 Å². The van der Waals surface area contributed by atoms with Crippen molar-refractivity contribution >= 4 is 17.2 Å². The van der Waals surface area contributed by atoms with E-state index in [4.69, 9.17) is 10.7 Å². The summed E-state index contributed by atoms with van der Waals surface area (Å²) in [5, 5.41) is 5.34. The summed E-state index contributed by atoms with van der Waals surface area (Å²) in [5.74, 6) is 0.383. The highest BCUT2D eigenvalue weighted by atomic mass is 32.1. The number of imidazole rings is 1. The van der Waals surface area contributed by atoms with Gasteiger partial charge in [0.25, 0.3) is 0 Å². The van der Waals surface area contributed by atoms with Crippen LogP contribution in [0.25, 0.3) is 10.7 Å². The van der Waals surface area contributed by atoms with E-state index in [1.54, 1.807) is 26.5 Å². The van der Waals surface area contributed by atoms with Gasteiger partial charge < -0.3 is 15.6 Å². The molecule has 0 aliphatic rings. The predicted octanol–water partition coefficient (Wildman–Crippen LogP) is 3.05. The monoisotopic (exact) mass is 414 g/mol. The van der Waals surface area contributed by atoms with Crippen LogP contribution in [0.5, 0.6) is 0 Å². The van der Waals surface area contributed by atoms with Crippen molar-refractivity contribution < 1.29 is 9.18 Å². The Kier molecular flexibility index (Phi) is 6.76. The summed E-state index contributed by atoms with van der Waals surface area (Å²) in [6.07, 6.45) is 4.23. The van der Waals surface area contributed by atoms with Crippen molar-refractivity contribution in [2.75, 3.05) is 13.1 Å². The fraction of sp³-hybridized carbons (Fsp3) is 0.333. The number of benzene rings is 1. The van der Waals surface area contributed by atoms with Crippen LogP contribution in [0.3, 0.4) is 0 Å². The third kappa shape index (κ3) is 5.48. The maximum Gasteiger partial charge on any atom is 0.226 e. The summed E-state index contributed by atoms with van der Waals surface area (Å²) in [6, 6.07) is 10.0. The lowest BCUT2D eigenvalue weighted by Crippen LogP contribution is -2.42. The molecule has 1 atom stereocenters. The zero-order chi connectivity index (χ0) is 20.9. The quantitative estimate of drug-likeness (QED) is 0.564. The summed E-state index contributed by atoms with van der Waals surface area (Å²) in [6.45, 7) is 3.95. The van der Waals surface area contributed by atoms with E-state index in [0.717, 1.165) is 16.3 Å². The Balaban J connectivity index is 1.83. The van der Waals surface area contributed by atoms with E-state index >= 15 is 0 Å². The molecule has 8 heteroatoms. The minimum absolute atomic E-state index is 0.102. The summed E-state index contributed by atoms with van der Waals surface area (Å²) < 4.78 is 15.4. The first kappa shape index (κ1) is 21.1. The molecule has 3 rings (SSSR count). The van der Waals surface area contributed by atoms with E-state index in [-0.39, 0.29) is 19.0 Å². The van der Waals surface area contributed by atoms with Gasteiger partial charge in [-0.3, -0.25) is 4.79 Å². The largest absolute Gasteiger partial charge is 0.353 e. The molecule has 0 unspecified atom stereocenters. The Morgan fingerprint density at radius 1 is 1.38 bits per heavy atom. The van der Waals surface area contributed by atoms with Gasteiger partial charge in [-0.1, -0.05) is 44.2 Å². The number of nitrogens with one attached hydrogen (secondary N) is 1. The number of carbonyl (C=O) groups excluding carboxylic acids is 1. The average molecular weight is 415 g/mol. The molecule has 153 valence electrons. The number of hydrogen-bond donors (Lipinski definition) is 2. The van der Waals surface area contributed by atoms with Crippen LogP contribution in [0.4, 0.5) is 4.39 Å². The van der Waals surface area contributed by atoms with Gasteiger partial charge in [-0.15, -0.1) is 11.3 Å². The molecule has 0 saturated heterocycles. The van der Waals surface area contributed by atoms with Gasteiger partial charge in [-0.25, -0.2) is 14.4 Å². The molecule has 29 heavy (non-hydrogen) atoms. The van der Waals surface area contributed by atoms with Gasteiger partial charge in [0, 0.05) is 37.3 Å². The van der Waals surface area contributed by atoms with Crippen molar-refractivity contribution in [3.63, 3.8) is 0 Å². The lowest BCUT2D eigenvalue weighted by molar-refractivity contribution is -0.127. The number of aromatic nitrogens is 3. The molecule has 2 aromatic heterocycles. The number of carbonyl (C=O) groups is 1. The van der Waals surface area contributed by atoms with Crippen molar-refractivity contribution in [3.05, 3.63) is 65.9 Å². The van der Waals surface area contributed by atoms with Gasteiger partial charge in [0.15, 0.2) is 0 Å². The number of thiazole rings is 1. The summed E-state index contributed by atoms with van der Waals surface area (Å²) in [4.78, 5) is 21.6. The Bertz CT molecular complexity index is 924. The van der Waals surface area contributed by atoms with Crippen LogP contribution in [0.1, 0.15) is 25.2 Å². The van der Waals surface area contributed by atoms with Crippen LogP contribution in [-0.4, -0.2) is 39.7 Å². The minimum atomic E-state index is -1.26. The predicted molar refractivity (Wildman–Crippen MR) is 113 cm³/mol. The van der Waals surface area contributed by atoms with Crippen LogP contribution in [-0.2, 0) is 11.3 Å². The van der Waals surface area contributed by atoms with Crippen LogP contribution in [0.15, 0.2) is 48.1 Å². The number of rotatable bonds is 9. The third-order valence-electron chi connectivity index (χ3n) is 4.47. The zero-order valence-corrected chi connectivity index (χ0v) is 17.3. The average Bonchev–Trinajstić information content (AvgIpc) is 3.37. The first-order valence-electron chi connectivity index (χ1n) is 9.38. The van der Waals surface area contributed by atoms with Crippen LogP contribution in [0.2, 0.25) is 0 Å². The lowest BCUT2D eigenvalue weighted by atomic mass is 9.87. The molecular formula is C21H25FN5OS. The highest BCUT2D eigenvalue weighted by Gasteiger charge is 2.31. The molecule has 0 fully saturated rings. The Labute approximate surface area is 174 Å². The van der Waals surface area contributed by atoms with E-state index in [2.05, 4.69) is 10.3 Å². The van der Waals surface area contributed by atoms with Gasteiger partial charge in [0.05, 0.1) is 12.0 Å². The SMILES string of the molecule is CC(C)([CH]c1nc(-c2nccs2)cn1Cc1ccccc1)C(=O)NC[C@H](F)CN. The molecule has 1 radical (unpaired) electrons. The van der Waals surface area contributed by atoms with Gasteiger partial charge in [-0.05, 0) is 5.56 Å². The first-order valence-corrected chi connectivity index (χ1v) is 10.3. The van der Waals surface area contributed by atoms with E-state index in [1.807, 2.05) is 46.5 Å². The van der Waals surface area contributed by atoms with Gasteiger partial charge in [0.2, 0.25) is 5.91 Å². The molecule has 0 bridgehead atoms. The molecule has 1 aromatic carbocycles. The number of alkyl halides is 1. The fourth-order valence-electron chi connectivity index (χ4n) is 2.81. The van der Waals surface area contributed by atoms with Gasteiger partial charge >= 0.3 is 0 Å². The second-order valence-corrected chi connectivity index (χ2v) is 8.24. The molecule has 0 aliphatic heterocycles. The van der Waals surface area contributed by atoms with Crippen LogP contribution < -0.4 is 11.1 Å². The van der Waals surface area contributed by atoms with Crippen molar-refractivity contribution in [1.82, 2.24) is 19.9 Å².